The maximum absolute atomic E-state index is 12.3. The number of nitro groups is 1. The Morgan fingerprint density at radius 3 is 2.25 bits per heavy atom. The van der Waals surface area contributed by atoms with Gasteiger partial charge in [0.15, 0.2) is 11.5 Å². The predicted octanol–water partition coefficient (Wildman–Crippen LogP) is 3.00. The monoisotopic (exact) mass is 389 g/mol. The molecule has 1 aliphatic rings. The summed E-state index contributed by atoms with van der Waals surface area (Å²) in [7, 11) is 0. The Labute approximate surface area is 160 Å². The van der Waals surface area contributed by atoms with Crippen LogP contribution in [0.25, 0.3) is 0 Å². The van der Waals surface area contributed by atoms with Gasteiger partial charge in [0.05, 0.1) is 17.6 Å². The molecule has 9 heteroatoms. The minimum atomic E-state index is -0.834. The summed E-state index contributed by atoms with van der Waals surface area (Å²) in [6, 6.07) is 9.44. The number of ether oxygens (including phenoxy) is 5. The Balaban J connectivity index is 1.58. The summed E-state index contributed by atoms with van der Waals surface area (Å²) in [5, 5.41) is 11.3. The van der Waals surface area contributed by atoms with Gasteiger partial charge in [-0.15, -0.1) is 0 Å². The fourth-order valence-corrected chi connectivity index (χ4v) is 2.56. The Kier molecular flexibility index (Phi) is 6.15. The molecule has 0 aromatic heterocycles. The first-order valence-electron chi connectivity index (χ1n) is 8.69. The topological polar surface area (TPSA) is 106 Å². The molecular formula is C19H19NO8. The summed E-state index contributed by atoms with van der Waals surface area (Å²) in [5.74, 6) is 0.985. The number of nitro benzene ring substituents is 1. The lowest BCUT2D eigenvalue weighted by Gasteiger charge is -2.18. The van der Waals surface area contributed by atoms with E-state index in [2.05, 4.69) is 0 Å². The first kappa shape index (κ1) is 19.3. The Hall–Kier alpha value is -3.49. The largest absolute Gasteiger partial charge is 0.494 e. The number of carbonyl (C=O) groups is 1. The van der Waals surface area contributed by atoms with Crippen molar-refractivity contribution in [1.29, 1.82) is 0 Å². The van der Waals surface area contributed by atoms with Crippen molar-refractivity contribution < 1.29 is 33.4 Å². The van der Waals surface area contributed by atoms with Crippen LogP contribution < -0.4 is 18.9 Å². The molecule has 0 bridgehead atoms. The molecule has 0 aliphatic carbocycles. The molecule has 0 fully saturated rings. The Bertz CT molecular complexity index is 850. The summed E-state index contributed by atoms with van der Waals surface area (Å²) in [4.78, 5) is 22.9. The molecule has 2 aromatic rings. The van der Waals surface area contributed by atoms with Crippen molar-refractivity contribution in [2.45, 2.75) is 6.92 Å². The maximum atomic E-state index is 12.3. The molecular weight excluding hydrogens is 370 g/mol. The zero-order valence-electron chi connectivity index (χ0n) is 15.2. The van der Waals surface area contributed by atoms with Gasteiger partial charge in [0.2, 0.25) is 0 Å². The second-order valence-corrected chi connectivity index (χ2v) is 5.66. The third-order valence-corrected chi connectivity index (χ3v) is 3.80. The number of benzene rings is 2. The van der Waals surface area contributed by atoms with Gasteiger partial charge in [0.25, 0.3) is 5.69 Å². The second kappa shape index (κ2) is 8.94. The van der Waals surface area contributed by atoms with E-state index >= 15 is 0 Å². The van der Waals surface area contributed by atoms with Gasteiger partial charge >= 0.3 is 5.97 Å². The van der Waals surface area contributed by atoms with E-state index in [-0.39, 0.29) is 36.9 Å². The van der Waals surface area contributed by atoms with Gasteiger partial charge in [-0.25, -0.2) is 4.79 Å². The summed E-state index contributed by atoms with van der Waals surface area (Å²) >= 11 is 0. The van der Waals surface area contributed by atoms with E-state index in [1.807, 2.05) is 6.92 Å². The van der Waals surface area contributed by atoms with Gasteiger partial charge < -0.3 is 23.7 Å². The fraction of sp³-hybridized carbons (Fsp3) is 0.316. The number of carbonyl (C=O) groups excluding carboxylic acids is 1. The summed E-state index contributed by atoms with van der Waals surface area (Å²) < 4.78 is 26.6. The van der Waals surface area contributed by atoms with Crippen LogP contribution in [0.15, 0.2) is 36.4 Å². The third kappa shape index (κ3) is 4.61. The first-order chi connectivity index (χ1) is 13.6. The molecule has 3 rings (SSSR count). The van der Waals surface area contributed by atoms with E-state index < -0.39 is 16.6 Å². The molecule has 2 aromatic carbocycles. The standard InChI is InChI=1S/C19H19NO8/c1-2-24-13-3-5-14(6-4-13)25-7-10-28-19(21)15-11-17-18(27-9-8-26-17)12-16(15)20(22)23/h3-6,11-12H,2,7-10H2,1H3. The molecule has 0 saturated carbocycles. The van der Waals surface area contributed by atoms with Gasteiger partial charge in [-0.1, -0.05) is 0 Å². The molecule has 0 radical (unpaired) electrons. The highest BCUT2D eigenvalue weighted by atomic mass is 16.6. The highest BCUT2D eigenvalue weighted by Gasteiger charge is 2.27. The molecule has 1 heterocycles. The number of hydrogen-bond acceptors (Lipinski definition) is 8. The van der Waals surface area contributed by atoms with E-state index in [0.29, 0.717) is 19.0 Å². The minimum Gasteiger partial charge on any atom is -0.494 e. The normalized spacial score (nSPS) is 12.2. The van der Waals surface area contributed by atoms with E-state index in [1.165, 1.54) is 12.1 Å². The molecule has 0 amide bonds. The number of esters is 1. The summed E-state index contributed by atoms with van der Waals surface area (Å²) in [5.41, 5.74) is -0.600. The number of hydrogen-bond donors (Lipinski definition) is 0. The zero-order chi connectivity index (χ0) is 19.9. The fourth-order valence-electron chi connectivity index (χ4n) is 2.56. The molecule has 0 unspecified atom stereocenters. The molecule has 0 N–H and O–H groups in total. The maximum Gasteiger partial charge on any atom is 0.345 e. The molecule has 9 nitrogen and oxygen atoms in total. The van der Waals surface area contributed by atoms with Crippen LogP contribution in [0.5, 0.6) is 23.0 Å². The lowest BCUT2D eigenvalue weighted by atomic mass is 10.1. The van der Waals surface area contributed by atoms with Crippen LogP contribution in [0, 0.1) is 10.1 Å². The van der Waals surface area contributed by atoms with Crippen LogP contribution in [-0.4, -0.2) is 43.9 Å². The second-order valence-electron chi connectivity index (χ2n) is 5.66. The molecule has 148 valence electrons. The van der Waals surface area contributed by atoms with Crippen LogP contribution in [0.4, 0.5) is 5.69 Å². The highest BCUT2D eigenvalue weighted by Crippen LogP contribution is 2.36. The van der Waals surface area contributed by atoms with E-state index in [4.69, 9.17) is 23.7 Å². The van der Waals surface area contributed by atoms with Crippen molar-refractivity contribution in [3.8, 4) is 23.0 Å². The van der Waals surface area contributed by atoms with Crippen molar-refractivity contribution in [1.82, 2.24) is 0 Å². The van der Waals surface area contributed by atoms with Gasteiger partial charge in [0, 0.05) is 6.07 Å². The smallest absolute Gasteiger partial charge is 0.345 e. The number of rotatable bonds is 8. The molecule has 0 atom stereocenters. The van der Waals surface area contributed by atoms with E-state index in [9.17, 15) is 14.9 Å². The summed E-state index contributed by atoms with van der Waals surface area (Å²) in [6.45, 7) is 3.08. The number of nitrogens with zero attached hydrogens (tertiary/aromatic N) is 1. The van der Waals surface area contributed by atoms with Crippen molar-refractivity contribution >= 4 is 11.7 Å². The molecule has 0 spiro atoms. The van der Waals surface area contributed by atoms with Crippen molar-refractivity contribution in [3.63, 3.8) is 0 Å². The molecule has 1 aliphatic heterocycles. The zero-order valence-corrected chi connectivity index (χ0v) is 15.2. The van der Waals surface area contributed by atoms with Crippen LogP contribution >= 0.6 is 0 Å². The minimum absolute atomic E-state index is 0.0718. The van der Waals surface area contributed by atoms with Crippen molar-refractivity contribution in [2.24, 2.45) is 0 Å². The Morgan fingerprint density at radius 1 is 1.04 bits per heavy atom. The quantitative estimate of drug-likeness (QED) is 0.294. The molecule has 28 heavy (non-hydrogen) atoms. The average molecular weight is 389 g/mol. The lowest BCUT2D eigenvalue weighted by molar-refractivity contribution is -0.385. The van der Waals surface area contributed by atoms with Crippen LogP contribution in [-0.2, 0) is 4.74 Å². The first-order valence-corrected chi connectivity index (χ1v) is 8.69. The van der Waals surface area contributed by atoms with Crippen LogP contribution in [0.3, 0.4) is 0 Å². The third-order valence-electron chi connectivity index (χ3n) is 3.80. The van der Waals surface area contributed by atoms with Crippen LogP contribution in [0.1, 0.15) is 17.3 Å². The predicted molar refractivity (Wildman–Crippen MR) is 97.5 cm³/mol. The highest BCUT2D eigenvalue weighted by molar-refractivity contribution is 5.95. The van der Waals surface area contributed by atoms with E-state index in [0.717, 1.165) is 5.75 Å². The average Bonchev–Trinajstić information content (AvgIpc) is 2.71. The van der Waals surface area contributed by atoms with Crippen molar-refractivity contribution in [3.05, 3.63) is 52.1 Å². The van der Waals surface area contributed by atoms with Gasteiger partial charge in [0.1, 0.15) is 43.5 Å². The molecule has 0 saturated heterocycles. The van der Waals surface area contributed by atoms with Crippen LogP contribution in [0.2, 0.25) is 0 Å². The van der Waals surface area contributed by atoms with Gasteiger partial charge in [-0.05, 0) is 31.2 Å². The summed E-state index contributed by atoms with van der Waals surface area (Å²) in [6.07, 6.45) is 0. The lowest BCUT2D eigenvalue weighted by Crippen LogP contribution is -2.18. The van der Waals surface area contributed by atoms with Crippen molar-refractivity contribution in [2.75, 3.05) is 33.0 Å². The number of fused-ring (bicyclic) bond motifs is 1. The Morgan fingerprint density at radius 2 is 1.64 bits per heavy atom. The van der Waals surface area contributed by atoms with E-state index in [1.54, 1.807) is 24.3 Å². The van der Waals surface area contributed by atoms with Gasteiger partial charge in [-0.2, -0.15) is 0 Å². The van der Waals surface area contributed by atoms with Gasteiger partial charge in [-0.3, -0.25) is 10.1 Å². The SMILES string of the molecule is CCOc1ccc(OCCOC(=O)c2cc3c(cc2[N+](=O)[O-])OCCO3)cc1.